The molecule has 0 bridgehead atoms. The molecule has 1 heterocycles. The number of rotatable bonds is 7. The van der Waals surface area contributed by atoms with Crippen molar-refractivity contribution in [3.63, 3.8) is 0 Å². The summed E-state index contributed by atoms with van der Waals surface area (Å²) in [4.78, 5) is 14.3. The van der Waals surface area contributed by atoms with E-state index in [4.69, 9.17) is 4.74 Å². The highest BCUT2D eigenvalue weighted by atomic mass is 19.2. The van der Waals surface area contributed by atoms with Gasteiger partial charge in [0.1, 0.15) is 5.75 Å². The molecule has 5 nitrogen and oxygen atoms in total. The number of carbonyl (C=O) groups excluding carboxylic acids is 1. The van der Waals surface area contributed by atoms with Crippen LogP contribution >= 0.6 is 0 Å². The van der Waals surface area contributed by atoms with E-state index in [0.29, 0.717) is 6.54 Å². The van der Waals surface area contributed by atoms with Crippen molar-refractivity contribution in [2.45, 2.75) is 19.4 Å². The second-order valence-corrected chi connectivity index (χ2v) is 5.57. The predicted octanol–water partition coefficient (Wildman–Crippen LogP) is 1.14. The standard InChI is InChI=1S/C16H23F2N3O2/c1-12(23-13-3-4-14(17)15(18)11-13)16(22)20-5-2-8-21-9-6-19-7-10-21/h3-4,11-12,19H,2,5-10H2,1H3,(H,20,22). The van der Waals surface area contributed by atoms with Crippen LogP contribution in [-0.4, -0.2) is 56.2 Å². The molecule has 1 saturated heterocycles. The van der Waals surface area contributed by atoms with Gasteiger partial charge in [0.2, 0.25) is 0 Å². The minimum Gasteiger partial charge on any atom is -0.481 e. The first kappa shape index (κ1) is 17.6. The number of nitrogens with one attached hydrogen (secondary N) is 2. The van der Waals surface area contributed by atoms with Crippen molar-refractivity contribution in [2.24, 2.45) is 0 Å². The molecule has 0 spiro atoms. The monoisotopic (exact) mass is 327 g/mol. The van der Waals surface area contributed by atoms with Gasteiger partial charge < -0.3 is 20.3 Å². The van der Waals surface area contributed by atoms with Gasteiger partial charge in [-0.2, -0.15) is 0 Å². The zero-order valence-corrected chi connectivity index (χ0v) is 13.3. The molecule has 0 aromatic heterocycles. The lowest BCUT2D eigenvalue weighted by Crippen LogP contribution is -2.44. The quantitative estimate of drug-likeness (QED) is 0.738. The molecule has 23 heavy (non-hydrogen) atoms. The van der Waals surface area contributed by atoms with Gasteiger partial charge in [-0.3, -0.25) is 4.79 Å². The van der Waals surface area contributed by atoms with E-state index in [0.717, 1.165) is 51.3 Å². The van der Waals surface area contributed by atoms with Crippen molar-refractivity contribution in [1.82, 2.24) is 15.5 Å². The summed E-state index contributed by atoms with van der Waals surface area (Å²) in [5.41, 5.74) is 0. The Morgan fingerprint density at radius 3 is 2.78 bits per heavy atom. The Labute approximate surface area is 135 Å². The summed E-state index contributed by atoms with van der Waals surface area (Å²) in [6.45, 7) is 7.16. The summed E-state index contributed by atoms with van der Waals surface area (Å²) in [7, 11) is 0. The van der Waals surface area contributed by atoms with Crippen molar-refractivity contribution in [3.8, 4) is 5.75 Å². The summed E-state index contributed by atoms with van der Waals surface area (Å²) < 4.78 is 31.2. The molecule has 0 radical (unpaired) electrons. The number of ether oxygens (including phenoxy) is 1. The Morgan fingerprint density at radius 2 is 2.09 bits per heavy atom. The van der Waals surface area contributed by atoms with Crippen LogP contribution in [0.3, 0.4) is 0 Å². The fourth-order valence-electron chi connectivity index (χ4n) is 2.40. The van der Waals surface area contributed by atoms with Crippen LogP contribution in [0.4, 0.5) is 8.78 Å². The molecule has 1 aromatic carbocycles. The Hall–Kier alpha value is -1.73. The zero-order valence-electron chi connectivity index (χ0n) is 13.3. The van der Waals surface area contributed by atoms with E-state index in [2.05, 4.69) is 15.5 Å². The third-order valence-corrected chi connectivity index (χ3v) is 3.73. The van der Waals surface area contributed by atoms with Gasteiger partial charge in [-0.15, -0.1) is 0 Å². The summed E-state index contributed by atoms with van der Waals surface area (Å²) >= 11 is 0. The highest BCUT2D eigenvalue weighted by Gasteiger charge is 2.15. The number of nitrogens with zero attached hydrogens (tertiary/aromatic N) is 1. The van der Waals surface area contributed by atoms with Crippen LogP contribution in [0.5, 0.6) is 5.75 Å². The minimum absolute atomic E-state index is 0.132. The Morgan fingerprint density at radius 1 is 1.35 bits per heavy atom. The van der Waals surface area contributed by atoms with Gasteiger partial charge in [0, 0.05) is 38.8 Å². The number of hydrogen-bond acceptors (Lipinski definition) is 4. The van der Waals surface area contributed by atoms with E-state index in [1.54, 1.807) is 6.92 Å². The van der Waals surface area contributed by atoms with Crippen molar-refractivity contribution < 1.29 is 18.3 Å². The van der Waals surface area contributed by atoms with Gasteiger partial charge >= 0.3 is 0 Å². The van der Waals surface area contributed by atoms with Gasteiger partial charge in [-0.05, 0) is 32.0 Å². The normalized spacial score (nSPS) is 16.8. The average Bonchev–Trinajstić information content (AvgIpc) is 2.55. The lowest BCUT2D eigenvalue weighted by atomic mass is 10.3. The molecule has 1 aliphatic rings. The smallest absolute Gasteiger partial charge is 0.260 e. The van der Waals surface area contributed by atoms with Crippen molar-refractivity contribution >= 4 is 5.91 Å². The Kier molecular flexibility index (Phi) is 6.73. The molecule has 1 atom stereocenters. The van der Waals surface area contributed by atoms with Gasteiger partial charge in [0.25, 0.3) is 5.91 Å². The van der Waals surface area contributed by atoms with E-state index in [9.17, 15) is 13.6 Å². The van der Waals surface area contributed by atoms with Crippen LogP contribution in [0.25, 0.3) is 0 Å². The fraction of sp³-hybridized carbons (Fsp3) is 0.562. The first-order chi connectivity index (χ1) is 11.1. The topological polar surface area (TPSA) is 53.6 Å². The second kappa shape index (κ2) is 8.79. The molecule has 7 heteroatoms. The van der Waals surface area contributed by atoms with Crippen molar-refractivity contribution in [2.75, 3.05) is 39.3 Å². The number of amides is 1. The summed E-state index contributed by atoms with van der Waals surface area (Å²) in [5, 5.41) is 6.08. The molecule has 2 rings (SSSR count). The van der Waals surface area contributed by atoms with E-state index in [1.165, 1.54) is 6.07 Å². The highest BCUT2D eigenvalue weighted by molar-refractivity contribution is 5.80. The van der Waals surface area contributed by atoms with Crippen LogP contribution in [0.1, 0.15) is 13.3 Å². The van der Waals surface area contributed by atoms with Crippen LogP contribution < -0.4 is 15.4 Å². The lowest BCUT2D eigenvalue weighted by Gasteiger charge is -2.27. The summed E-state index contributed by atoms with van der Waals surface area (Å²) in [6, 6.07) is 3.21. The van der Waals surface area contributed by atoms with E-state index >= 15 is 0 Å². The largest absolute Gasteiger partial charge is 0.481 e. The molecule has 0 saturated carbocycles. The van der Waals surface area contributed by atoms with E-state index in [-0.39, 0.29) is 11.7 Å². The molecule has 0 aliphatic carbocycles. The molecule has 2 N–H and O–H groups in total. The molecule has 128 valence electrons. The number of hydrogen-bond donors (Lipinski definition) is 2. The van der Waals surface area contributed by atoms with Gasteiger partial charge in [0.05, 0.1) is 0 Å². The Balaban J connectivity index is 1.66. The molecule has 1 aromatic rings. The summed E-state index contributed by atoms with van der Waals surface area (Å²) in [6.07, 6.45) is 0.0999. The third kappa shape index (κ3) is 5.76. The number of carbonyl (C=O) groups is 1. The fourth-order valence-corrected chi connectivity index (χ4v) is 2.40. The van der Waals surface area contributed by atoms with Crippen LogP contribution in [0, 0.1) is 11.6 Å². The van der Waals surface area contributed by atoms with Crippen molar-refractivity contribution in [3.05, 3.63) is 29.8 Å². The number of halogens is 2. The van der Waals surface area contributed by atoms with Crippen molar-refractivity contribution in [1.29, 1.82) is 0 Å². The summed E-state index contributed by atoms with van der Waals surface area (Å²) in [5.74, 6) is -2.07. The maximum Gasteiger partial charge on any atom is 0.260 e. The molecule has 1 unspecified atom stereocenters. The lowest BCUT2D eigenvalue weighted by molar-refractivity contribution is -0.127. The molecule has 1 fully saturated rings. The van der Waals surface area contributed by atoms with Gasteiger partial charge in [-0.25, -0.2) is 8.78 Å². The van der Waals surface area contributed by atoms with E-state index < -0.39 is 17.7 Å². The maximum atomic E-state index is 13.1. The number of piperazine rings is 1. The predicted molar refractivity (Wildman–Crippen MR) is 83.4 cm³/mol. The highest BCUT2D eigenvalue weighted by Crippen LogP contribution is 2.16. The van der Waals surface area contributed by atoms with E-state index in [1.807, 2.05) is 0 Å². The van der Waals surface area contributed by atoms with Crippen LogP contribution in [-0.2, 0) is 4.79 Å². The molecule has 1 aliphatic heterocycles. The first-order valence-corrected chi connectivity index (χ1v) is 7.89. The van der Waals surface area contributed by atoms with Crippen LogP contribution in [0.2, 0.25) is 0 Å². The van der Waals surface area contributed by atoms with Gasteiger partial charge in [-0.1, -0.05) is 0 Å². The third-order valence-electron chi connectivity index (χ3n) is 3.73. The first-order valence-electron chi connectivity index (χ1n) is 7.89. The SMILES string of the molecule is CC(Oc1ccc(F)c(F)c1)C(=O)NCCCN1CCNCC1. The molecular formula is C16H23F2N3O2. The Bertz CT molecular complexity index is 522. The zero-order chi connectivity index (χ0) is 16.7. The minimum atomic E-state index is -0.994. The average molecular weight is 327 g/mol. The van der Waals surface area contributed by atoms with Gasteiger partial charge in [0.15, 0.2) is 17.7 Å². The van der Waals surface area contributed by atoms with Crippen LogP contribution in [0.15, 0.2) is 18.2 Å². The second-order valence-electron chi connectivity index (χ2n) is 5.57. The number of benzene rings is 1. The molecule has 1 amide bonds. The molecular weight excluding hydrogens is 304 g/mol. The maximum absolute atomic E-state index is 13.1.